The minimum atomic E-state index is -0.322. The van der Waals surface area contributed by atoms with E-state index in [-0.39, 0.29) is 12.6 Å². The van der Waals surface area contributed by atoms with E-state index in [4.69, 9.17) is 16.2 Å². The summed E-state index contributed by atoms with van der Waals surface area (Å²) in [5.41, 5.74) is 13.4. The number of esters is 1. The number of nitrogen functional groups attached to an aromatic ring is 2. The van der Waals surface area contributed by atoms with E-state index >= 15 is 0 Å². The van der Waals surface area contributed by atoms with Crippen molar-refractivity contribution in [2.45, 2.75) is 6.61 Å². The molecule has 0 spiro atoms. The molecule has 0 aromatic heterocycles. The smallest absolute Gasteiger partial charge is 0.338 e. The maximum absolute atomic E-state index is 11.0. The molecule has 1 aromatic rings. The molecule has 0 bridgehead atoms. The molecule has 1 aromatic carbocycles. The summed E-state index contributed by atoms with van der Waals surface area (Å²) in [6.45, 7) is 0.241. The Labute approximate surface area is 69.1 Å². The first-order valence-electron chi connectivity index (χ1n) is 3.54. The molecule has 0 aliphatic carbocycles. The van der Waals surface area contributed by atoms with Gasteiger partial charge >= 0.3 is 5.97 Å². The first-order chi connectivity index (χ1) is 5.70. The Morgan fingerprint density at radius 2 is 2.08 bits per heavy atom. The van der Waals surface area contributed by atoms with E-state index in [1.807, 2.05) is 0 Å². The Morgan fingerprint density at radius 1 is 1.33 bits per heavy atom. The predicted octanol–water partition coefficient (Wildman–Crippen LogP) is 0.521. The second-order valence-electron chi connectivity index (χ2n) is 2.67. The summed E-state index contributed by atoms with van der Waals surface area (Å²) in [6, 6.07) is 3.25. The topological polar surface area (TPSA) is 78.3 Å². The number of rotatable bonds is 0. The van der Waals surface area contributed by atoms with Crippen molar-refractivity contribution in [3.05, 3.63) is 23.3 Å². The van der Waals surface area contributed by atoms with Crippen molar-refractivity contribution in [1.29, 1.82) is 0 Å². The third kappa shape index (κ3) is 0.747. The van der Waals surface area contributed by atoms with Gasteiger partial charge in [0, 0.05) is 5.56 Å². The number of fused-ring (bicyclic) bond motifs is 1. The van der Waals surface area contributed by atoms with E-state index in [2.05, 4.69) is 0 Å². The molecule has 12 heavy (non-hydrogen) atoms. The summed E-state index contributed by atoms with van der Waals surface area (Å²) in [7, 11) is 0. The lowest BCUT2D eigenvalue weighted by Crippen LogP contribution is -2.00. The van der Waals surface area contributed by atoms with Crippen molar-refractivity contribution in [1.82, 2.24) is 0 Å². The Balaban J connectivity index is 2.68. The second kappa shape index (κ2) is 2.14. The molecule has 0 saturated carbocycles. The van der Waals surface area contributed by atoms with Crippen molar-refractivity contribution in [2.75, 3.05) is 11.5 Å². The lowest BCUT2D eigenvalue weighted by molar-refractivity contribution is 0.0535. The average Bonchev–Trinajstić information content (AvgIpc) is 2.41. The van der Waals surface area contributed by atoms with Crippen LogP contribution in [-0.2, 0) is 11.3 Å². The van der Waals surface area contributed by atoms with Gasteiger partial charge < -0.3 is 16.2 Å². The van der Waals surface area contributed by atoms with E-state index in [9.17, 15) is 4.79 Å². The van der Waals surface area contributed by atoms with Gasteiger partial charge in [0.05, 0.1) is 16.9 Å². The Bertz CT molecular complexity index is 360. The minimum Gasteiger partial charge on any atom is -0.457 e. The lowest BCUT2D eigenvalue weighted by atomic mass is 10.1. The van der Waals surface area contributed by atoms with Gasteiger partial charge in [0.15, 0.2) is 0 Å². The van der Waals surface area contributed by atoms with Crippen LogP contribution in [0.4, 0.5) is 11.4 Å². The third-order valence-electron chi connectivity index (χ3n) is 1.96. The van der Waals surface area contributed by atoms with E-state index in [1.54, 1.807) is 12.1 Å². The van der Waals surface area contributed by atoms with Crippen molar-refractivity contribution < 1.29 is 9.53 Å². The van der Waals surface area contributed by atoms with Crippen LogP contribution in [0.2, 0.25) is 0 Å². The zero-order valence-electron chi connectivity index (χ0n) is 6.33. The van der Waals surface area contributed by atoms with Crippen LogP contribution in [-0.4, -0.2) is 5.97 Å². The van der Waals surface area contributed by atoms with Crippen LogP contribution in [0.1, 0.15) is 15.9 Å². The summed E-state index contributed by atoms with van der Waals surface area (Å²) in [4.78, 5) is 11.0. The SMILES string of the molecule is Nc1ccc2c(c1N)COC2=O. The number of carbonyl (C=O) groups is 1. The van der Waals surface area contributed by atoms with Crippen LogP contribution in [0.5, 0.6) is 0 Å². The van der Waals surface area contributed by atoms with Crippen molar-refractivity contribution in [3.63, 3.8) is 0 Å². The van der Waals surface area contributed by atoms with Gasteiger partial charge in [0.25, 0.3) is 0 Å². The molecule has 0 radical (unpaired) electrons. The van der Waals surface area contributed by atoms with Gasteiger partial charge in [-0.2, -0.15) is 0 Å². The molecular weight excluding hydrogens is 156 g/mol. The van der Waals surface area contributed by atoms with Crippen LogP contribution in [0.3, 0.4) is 0 Å². The zero-order valence-corrected chi connectivity index (χ0v) is 6.33. The van der Waals surface area contributed by atoms with Crippen LogP contribution in [0, 0.1) is 0 Å². The Kier molecular flexibility index (Phi) is 1.24. The molecule has 4 nitrogen and oxygen atoms in total. The number of hydrogen-bond acceptors (Lipinski definition) is 4. The maximum Gasteiger partial charge on any atom is 0.338 e. The predicted molar refractivity (Wildman–Crippen MR) is 44.4 cm³/mol. The highest BCUT2D eigenvalue weighted by Gasteiger charge is 2.23. The fraction of sp³-hybridized carbons (Fsp3) is 0.125. The maximum atomic E-state index is 11.0. The molecule has 0 unspecified atom stereocenters. The first kappa shape index (κ1) is 6.97. The highest BCUT2D eigenvalue weighted by atomic mass is 16.5. The molecule has 0 amide bonds. The van der Waals surface area contributed by atoms with Crippen LogP contribution < -0.4 is 11.5 Å². The van der Waals surface area contributed by atoms with Crippen LogP contribution >= 0.6 is 0 Å². The summed E-state index contributed by atoms with van der Waals surface area (Å²) in [5, 5.41) is 0. The number of benzene rings is 1. The molecular formula is C8H8N2O2. The van der Waals surface area contributed by atoms with E-state index in [0.717, 1.165) is 0 Å². The molecule has 4 N–H and O–H groups in total. The summed E-state index contributed by atoms with van der Waals surface area (Å²) in [5.74, 6) is -0.322. The molecule has 1 aliphatic rings. The molecule has 0 saturated heterocycles. The van der Waals surface area contributed by atoms with Crippen molar-refractivity contribution in [3.8, 4) is 0 Å². The standard InChI is InChI=1S/C8H8N2O2/c9-6-2-1-4-5(7(6)10)3-12-8(4)11/h1-2H,3,9-10H2. The van der Waals surface area contributed by atoms with Gasteiger partial charge in [-0.05, 0) is 12.1 Å². The van der Waals surface area contributed by atoms with Gasteiger partial charge in [0.2, 0.25) is 0 Å². The number of ether oxygens (including phenoxy) is 1. The third-order valence-corrected chi connectivity index (χ3v) is 1.96. The van der Waals surface area contributed by atoms with Crippen molar-refractivity contribution >= 4 is 17.3 Å². The van der Waals surface area contributed by atoms with Gasteiger partial charge in [-0.25, -0.2) is 4.79 Å². The lowest BCUT2D eigenvalue weighted by Gasteiger charge is -2.02. The summed E-state index contributed by atoms with van der Waals surface area (Å²) < 4.78 is 4.78. The van der Waals surface area contributed by atoms with Crippen molar-refractivity contribution in [2.24, 2.45) is 0 Å². The van der Waals surface area contributed by atoms with Gasteiger partial charge in [-0.15, -0.1) is 0 Å². The van der Waals surface area contributed by atoms with E-state index in [0.29, 0.717) is 22.5 Å². The summed E-state index contributed by atoms with van der Waals surface area (Å²) in [6.07, 6.45) is 0. The number of hydrogen-bond donors (Lipinski definition) is 2. The highest BCUT2D eigenvalue weighted by molar-refractivity contribution is 5.96. The normalized spacial score (nSPS) is 14.2. The monoisotopic (exact) mass is 164 g/mol. The Morgan fingerprint density at radius 3 is 2.83 bits per heavy atom. The molecule has 1 heterocycles. The van der Waals surface area contributed by atoms with Crippen LogP contribution in [0.25, 0.3) is 0 Å². The largest absolute Gasteiger partial charge is 0.457 e. The van der Waals surface area contributed by atoms with E-state index in [1.165, 1.54) is 0 Å². The quantitative estimate of drug-likeness (QED) is 0.433. The fourth-order valence-corrected chi connectivity index (χ4v) is 1.25. The molecule has 62 valence electrons. The molecule has 1 aliphatic heterocycles. The number of carbonyl (C=O) groups excluding carboxylic acids is 1. The second-order valence-corrected chi connectivity index (χ2v) is 2.67. The first-order valence-corrected chi connectivity index (χ1v) is 3.54. The average molecular weight is 164 g/mol. The molecule has 2 rings (SSSR count). The highest BCUT2D eigenvalue weighted by Crippen LogP contribution is 2.29. The molecule has 0 fully saturated rings. The molecule has 0 atom stereocenters. The fourth-order valence-electron chi connectivity index (χ4n) is 1.25. The Hall–Kier alpha value is -1.71. The molecule has 4 heteroatoms. The summed E-state index contributed by atoms with van der Waals surface area (Å²) >= 11 is 0. The number of anilines is 2. The zero-order chi connectivity index (χ0) is 8.72. The van der Waals surface area contributed by atoms with Crippen LogP contribution in [0.15, 0.2) is 12.1 Å². The minimum absolute atomic E-state index is 0.241. The van der Waals surface area contributed by atoms with E-state index < -0.39 is 0 Å². The van der Waals surface area contributed by atoms with Gasteiger partial charge in [0.1, 0.15) is 6.61 Å². The number of cyclic esters (lactones) is 1. The van der Waals surface area contributed by atoms with Gasteiger partial charge in [-0.3, -0.25) is 0 Å². The van der Waals surface area contributed by atoms with Gasteiger partial charge in [-0.1, -0.05) is 0 Å². The number of nitrogens with two attached hydrogens (primary N) is 2.